The van der Waals surface area contributed by atoms with Crippen LogP contribution in [0, 0.1) is 0 Å². The second-order valence-electron chi connectivity index (χ2n) is 4.68. The Hall–Kier alpha value is -0.730. The van der Waals surface area contributed by atoms with E-state index in [9.17, 15) is 8.42 Å². The average molecular weight is 345 g/mol. The topological polar surface area (TPSA) is 58.2 Å². The van der Waals surface area contributed by atoms with E-state index >= 15 is 0 Å². The first-order chi connectivity index (χ1) is 10.1. The molecule has 2 N–H and O–H groups in total. The third-order valence-corrected chi connectivity index (χ3v) is 6.78. The molecule has 0 spiro atoms. The first kappa shape index (κ1) is 16.6. The Morgan fingerprint density at radius 3 is 2.81 bits per heavy atom. The molecule has 0 unspecified atom stereocenters. The minimum absolute atomic E-state index is 0.391. The lowest BCUT2D eigenvalue weighted by Gasteiger charge is -2.03. The number of hydrogen-bond donors (Lipinski definition) is 2. The molecule has 2 aromatic heterocycles. The van der Waals surface area contributed by atoms with Gasteiger partial charge in [-0.25, -0.2) is 13.1 Å². The lowest BCUT2D eigenvalue weighted by atomic mass is 10.3. The van der Waals surface area contributed by atoms with Crippen molar-refractivity contribution in [1.82, 2.24) is 10.0 Å². The van der Waals surface area contributed by atoms with Gasteiger partial charge >= 0.3 is 0 Å². The van der Waals surface area contributed by atoms with E-state index in [0.717, 1.165) is 31.5 Å². The van der Waals surface area contributed by atoms with Gasteiger partial charge in [0, 0.05) is 18.0 Å². The summed E-state index contributed by atoms with van der Waals surface area (Å²) in [5.74, 6) is 0. The van der Waals surface area contributed by atoms with Crippen LogP contribution in [0.15, 0.2) is 33.2 Å². The summed E-state index contributed by atoms with van der Waals surface area (Å²) in [7, 11) is -3.38. The maximum absolute atomic E-state index is 12.2. The van der Waals surface area contributed by atoms with Gasteiger partial charge in [-0.2, -0.15) is 0 Å². The molecule has 0 atom stereocenters. The van der Waals surface area contributed by atoms with Gasteiger partial charge in [0.15, 0.2) is 0 Å². The van der Waals surface area contributed by atoms with Gasteiger partial charge in [0.25, 0.3) is 0 Å². The van der Waals surface area contributed by atoms with Crippen molar-refractivity contribution in [3.05, 3.63) is 39.4 Å². The predicted octanol–water partition coefficient (Wildman–Crippen LogP) is 2.83. The van der Waals surface area contributed by atoms with Crippen LogP contribution in [0.1, 0.15) is 23.8 Å². The summed E-state index contributed by atoms with van der Waals surface area (Å²) in [6, 6.07) is 5.74. The minimum Gasteiger partial charge on any atom is -0.313 e. The fourth-order valence-corrected chi connectivity index (χ4v) is 4.83. The van der Waals surface area contributed by atoms with Crippen molar-refractivity contribution >= 4 is 32.7 Å². The van der Waals surface area contributed by atoms with E-state index in [0.29, 0.717) is 10.8 Å². The normalized spacial score (nSPS) is 11.9. The monoisotopic (exact) mass is 344 g/mol. The number of thiophene rings is 2. The lowest BCUT2D eigenvalue weighted by Crippen LogP contribution is -2.25. The molecule has 0 saturated heterocycles. The van der Waals surface area contributed by atoms with Crippen molar-refractivity contribution in [1.29, 1.82) is 0 Å². The number of rotatable bonds is 9. The summed E-state index contributed by atoms with van der Waals surface area (Å²) in [4.78, 5) is 1.19. The van der Waals surface area contributed by atoms with Crippen LogP contribution in [-0.2, 0) is 23.0 Å². The van der Waals surface area contributed by atoms with Gasteiger partial charge < -0.3 is 5.32 Å². The standard InChI is InChI=1S/C14H20N2O2S3/c1-2-6-15-10-12-9-14(20-11-12)21(17,18)16-7-5-13-4-3-8-19-13/h3-4,8-9,11,15-16H,2,5-7,10H2,1H3. The Morgan fingerprint density at radius 2 is 2.10 bits per heavy atom. The van der Waals surface area contributed by atoms with Crippen molar-refractivity contribution in [2.75, 3.05) is 13.1 Å². The summed E-state index contributed by atoms with van der Waals surface area (Å²) in [6.07, 6.45) is 1.80. The van der Waals surface area contributed by atoms with Crippen LogP contribution < -0.4 is 10.0 Å². The van der Waals surface area contributed by atoms with Crippen molar-refractivity contribution < 1.29 is 8.42 Å². The highest BCUT2D eigenvalue weighted by Crippen LogP contribution is 2.20. The van der Waals surface area contributed by atoms with Gasteiger partial charge in [-0.3, -0.25) is 0 Å². The molecule has 0 amide bonds. The summed E-state index contributed by atoms with van der Waals surface area (Å²) in [5.41, 5.74) is 1.02. The van der Waals surface area contributed by atoms with Crippen LogP contribution >= 0.6 is 22.7 Å². The SMILES string of the molecule is CCCNCc1csc(S(=O)(=O)NCCc2cccs2)c1. The molecule has 116 valence electrons. The lowest BCUT2D eigenvalue weighted by molar-refractivity contribution is 0.584. The van der Waals surface area contributed by atoms with Crippen molar-refractivity contribution in [2.45, 2.75) is 30.5 Å². The van der Waals surface area contributed by atoms with Gasteiger partial charge in [-0.1, -0.05) is 13.0 Å². The summed E-state index contributed by atoms with van der Waals surface area (Å²) < 4.78 is 27.4. The van der Waals surface area contributed by atoms with E-state index in [1.54, 1.807) is 17.4 Å². The van der Waals surface area contributed by atoms with Crippen LogP contribution in [-0.4, -0.2) is 21.5 Å². The van der Waals surface area contributed by atoms with Crippen LogP contribution in [0.3, 0.4) is 0 Å². The number of hydrogen-bond acceptors (Lipinski definition) is 5. The summed E-state index contributed by atoms with van der Waals surface area (Å²) in [5, 5.41) is 7.17. The van der Waals surface area contributed by atoms with Gasteiger partial charge in [0.2, 0.25) is 10.0 Å². The molecule has 4 nitrogen and oxygen atoms in total. The summed E-state index contributed by atoms with van der Waals surface area (Å²) in [6.45, 7) is 4.20. The van der Waals surface area contributed by atoms with Crippen LogP contribution in [0.5, 0.6) is 0 Å². The molecule has 2 aromatic rings. The third-order valence-electron chi connectivity index (χ3n) is 2.89. The van der Waals surface area contributed by atoms with Gasteiger partial charge in [0.1, 0.15) is 4.21 Å². The minimum atomic E-state index is -3.38. The van der Waals surface area contributed by atoms with E-state index in [-0.39, 0.29) is 0 Å². The first-order valence-corrected chi connectivity index (χ1v) is 10.2. The average Bonchev–Trinajstić information content (AvgIpc) is 3.10. The maximum Gasteiger partial charge on any atom is 0.250 e. The second kappa shape index (κ2) is 8.05. The highest BCUT2D eigenvalue weighted by atomic mass is 32.2. The molecule has 7 heteroatoms. The van der Waals surface area contributed by atoms with Crippen LogP contribution in [0.2, 0.25) is 0 Å². The van der Waals surface area contributed by atoms with E-state index in [1.165, 1.54) is 16.2 Å². The fraction of sp³-hybridized carbons (Fsp3) is 0.429. The Morgan fingerprint density at radius 1 is 1.24 bits per heavy atom. The highest BCUT2D eigenvalue weighted by molar-refractivity contribution is 7.91. The number of sulfonamides is 1. The fourth-order valence-electron chi connectivity index (χ4n) is 1.83. The molecule has 0 bridgehead atoms. The van der Waals surface area contributed by atoms with E-state index in [4.69, 9.17) is 0 Å². The molecule has 21 heavy (non-hydrogen) atoms. The third kappa shape index (κ3) is 5.19. The van der Waals surface area contributed by atoms with Gasteiger partial charge in [0.05, 0.1) is 0 Å². The molecule has 2 heterocycles. The predicted molar refractivity (Wildman–Crippen MR) is 89.5 cm³/mol. The van der Waals surface area contributed by atoms with Crippen molar-refractivity contribution in [3.63, 3.8) is 0 Å². The van der Waals surface area contributed by atoms with Crippen molar-refractivity contribution in [3.8, 4) is 0 Å². The van der Waals surface area contributed by atoms with Gasteiger partial charge in [-0.05, 0) is 47.8 Å². The second-order valence-corrected chi connectivity index (χ2v) is 8.62. The van der Waals surface area contributed by atoms with Crippen molar-refractivity contribution in [2.24, 2.45) is 0 Å². The molecule has 0 fully saturated rings. The Kier molecular flexibility index (Phi) is 6.38. The molecular weight excluding hydrogens is 324 g/mol. The molecule has 2 rings (SSSR count). The first-order valence-electron chi connectivity index (χ1n) is 6.92. The summed E-state index contributed by atoms with van der Waals surface area (Å²) >= 11 is 2.92. The van der Waals surface area contributed by atoms with E-state index in [1.807, 2.05) is 22.9 Å². The Balaban J connectivity index is 1.86. The smallest absolute Gasteiger partial charge is 0.250 e. The Bertz CT molecular complexity index is 633. The molecular formula is C14H20N2O2S3. The van der Waals surface area contributed by atoms with E-state index < -0.39 is 10.0 Å². The van der Waals surface area contributed by atoms with E-state index in [2.05, 4.69) is 17.0 Å². The molecule has 0 saturated carbocycles. The maximum atomic E-state index is 12.2. The molecule has 0 aliphatic heterocycles. The zero-order chi connectivity index (χ0) is 15.1. The zero-order valence-electron chi connectivity index (χ0n) is 12.0. The zero-order valence-corrected chi connectivity index (χ0v) is 14.4. The highest BCUT2D eigenvalue weighted by Gasteiger charge is 2.16. The molecule has 0 aliphatic rings. The number of nitrogens with one attached hydrogen (secondary N) is 2. The Labute approximate surface area is 134 Å². The largest absolute Gasteiger partial charge is 0.313 e. The van der Waals surface area contributed by atoms with Crippen LogP contribution in [0.25, 0.3) is 0 Å². The molecule has 0 radical (unpaired) electrons. The quantitative estimate of drug-likeness (QED) is 0.688. The molecule has 0 aliphatic carbocycles. The van der Waals surface area contributed by atoms with Crippen LogP contribution in [0.4, 0.5) is 0 Å². The van der Waals surface area contributed by atoms with Gasteiger partial charge in [-0.15, -0.1) is 22.7 Å². The molecule has 0 aromatic carbocycles.